The Kier molecular flexibility index (Phi) is 3.79. The first-order chi connectivity index (χ1) is 3.66. The average Bonchev–Trinajstić information content (AvgIpc) is 1.65. The maximum atomic E-state index is 10.6. The molecule has 0 aliphatic carbocycles. The van der Waals surface area contributed by atoms with Crippen LogP contribution in [0.15, 0.2) is 0 Å². The standard InChI is InChI=1S/C6H12OS/c1-4-6(7)5-8(2)3/h5H,4H2,1-3H3. The summed E-state index contributed by atoms with van der Waals surface area (Å²) >= 11 is 0. The van der Waals surface area contributed by atoms with Gasteiger partial charge in [0.05, 0.1) is 0 Å². The second kappa shape index (κ2) is 3.84. The van der Waals surface area contributed by atoms with Gasteiger partial charge in [0, 0.05) is 11.8 Å². The van der Waals surface area contributed by atoms with E-state index in [1.54, 1.807) is 5.37 Å². The number of carbonyl (C=O) groups excluding carboxylic acids is 1. The maximum absolute atomic E-state index is 10.6. The van der Waals surface area contributed by atoms with Gasteiger partial charge in [0.1, 0.15) is 0 Å². The van der Waals surface area contributed by atoms with Crippen LogP contribution in [0.2, 0.25) is 0 Å². The predicted octanol–water partition coefficient (Wildman–Crippen LogP) is 1.30. The third-order valence-electron chi connectivity index (χ3n) is 0.716. The first-order valence-corrected chi connectivity index (χ1v) is 4.71. The molecule has 0 amide bonds. The Morgan fingerprint density at radius 1 is 1.62 bits per heavy atom. The number of Topliss-reactive ketones (excluding diaryl/α,β-unsaturated/α-hetero) is 1. The fourth-order valence-electron chi connectivity index (χ4n) is 0.346. The summed E-state index contributed by atoms with van der Waals surface area (Å²) in [5, 5.41) is 1.78. The molecule has 0 saturated carbocycles. The lowest BCUT2D eigenvalue weighted by atomic mass is 10.4. The van der Waals surface area contributed by atoms with Crippen LogP contribution in [0.25, 0.3) is 0 Å². The van der Waals surface area contributed by atoms with Crippen LogP contribution in [0, 0.1) is 0 Å². The topological polar surface area (TPSA) is 17.1 Å². The summed E-state index contributed by atoms with van der Waals surface area (Å²) in [4.78, 5) is 10.6. The van der Waals surface area contributed by atoms with E-state index < -0.39 is 0 Å². The lowest BCUT2D eigenvalue weighted by Crippen LogP contribution is -1.94. The van der Waals surface area contributed by atoms with E-state index in [-0.39, 0.29) is 16.3 Å². The largest absolute Gasteiger partial charge is 0.294 e. The Hall–Kier alpha value is -0.110. The molecule has 0 saturated heterocycles. The molecule has 0 rings (SSSR count). The lowest BCUT2D eigenvalue weighted by molar-refractivity contribution is -0.112. The highest BCUT2D eigenvalue weighted by Crippen LogP contribution is 1.95. The van der Waals surface area contributed by atoms with E-state index in [9.17, 15) is 4.79 Å². The van der Waals surface area contributed by atoms with Crippen molar-refractivity contribution in [3.63, 3.8) is 0 Å². The monoisotopic (exact) mass is 132 g/mol. The molecule has 1 nitrogen and oxygen atoms in total. The molecular formula is C6H12OS. The first-order valence-electron chi connectivity index (χ1n) is 2.61. The van der Waals surface area contributed by atoms with E-state index in [1.807, 2.05) is 19.4 Å². The smallest absolute Gasteiger partial charge is 0.160 e. The van der Waals surface area contributed by atoms with E-state index in [0.29, 0.717) is 6.42 Å². The van der Waals surface area contributed by atoms with Crippen molar-refractivity contribution in [3.8, 4) is 0 Å². The van der Waals surface area contributed by atoms with Gasteiger partial charge in [-0.3, -0.25) is 4.79 Å². The summed E-state index contributed by atoms with van der Waals surface area (Å²) in [6.07, 6.45) is 4.71. The molecular weight excluding hydrogens is 120 g/mol. The lowest BCUT2D eigenvalue weighted by Gasteiger charge is -1.87. The molecule has 2 heteroatoms. The number of carbonyl (C=O) groups is 1. The van der Waals surface area contributed by atoms with Crippen molar-refractivity contribution in [1.82, 2.24) is 0 Å². The summed E-state index contributed by atoms with van der Waals surface area (Å²) < 4.78 is 0. The van der Waals surface area contributed by atoms with Gasteiger partial charge in [-0.15, -0.1) is 0 Å². The Labute approximate surface area is 53.0 Å². The molecule has 0 spiro atoms. The van der Waals surface area contributed by atoms with Gasteiger partial charge in [-0.1, -0.05) is 6.92 Å². The van der Waals surface area contributed by atoms with Gasteiger partial charge in [-0.25, -0.2) is 0 Å². The van der Waals surface area contributed by atoms with E-state index in [4.69, 9.17) is 0 Å². The third kappa shape index (κ3) is 4.06. The van der Waals surface area contributed by atoms with Crippen molar-refractivity contribution in [2.75, 3.05) is 12.5 Å². The third-order valence-corrected chi connectivity index (χ3v) is 1.45. The Balaban J connectivity index is 3.70. The molecule has 0 unspecified atom stereocenters. The minimum Gasteiger partial charge on any atom is -0.294 e. The number of hydrogen-bond acceptors (Lipinski definition) is 1. The molecule has 0 heterocycles. The zero-order chi connectivity index (χ0) is 6.57. The number of ketones is 1. The second-order valence-electron chi connectivity index (χ2n) is 1.82. The quantitative estimate of drug-likeness (QED) is 0.517. The Morgan fingerprint density at radius 2 is 2.12 bits per heavy atom. The van der Waals surface area contributed by atoms with Gasteiger partial charge in [0.25, 0.3) is 0 Å². The van der Waals surface area contributed by atoms with Crippen LogP contribution in [0.3, 0.4) is 0 Å². The van der Waals surface area contributed by atoms with Crippen LogP contribution in [0.1, 0.15) is 13.3 Å². The van der Waals surface area contributed by atoms with Gasteiger partial charge in [0.15, 0.2) is 5.78 Å². The summed E-state index contributed by atoms with van der Waals surface area (Å²) in [6.45, 7) is 1.88. The van der Waals surface area contributed by atoms with Crippen LogP contribution in [-0.4, -0.2) is 23.7 Å². The van der Waals surface area contributed by atoms with E-state index in [1.165, 1.54) is 0 Å². The second-order valence-corrected chi connectivity index (χ2v) is 3.81. The van der Waals surface area contributed by atoms with Gasteiger partial charge in [0.2, 0.25) is 0 Å². The molecule has 0 atom stereocenters. The van der Waals surface area contributed by atoms with Crippen LogP contribution in [0.4, 0.5) is 0 Å². The molecule has 0 bridgehead atoms. The first kappa shape index (κ1) is 7.89. The van der Waals surface area contributed by atoms with E-state index in [0.717, 1.165) is 0 Å². The van der Waals surface area contributed by atoms with Crippen LogP contribution < -0.4 is 0 Å². The Morgan fingerprint density at radius 3 is 2.25 bits per heavy atom. The number of rotatable bonds is 2. The zero-order valence-electron chi connectivity index (χ0n) is 5.60. The molecule has 48 valence electrons. The van der Waals surface area contributed by atoms with Crippen molar-refractivity contribution in [2.45, 2.75) is 13.3 Å². The van der Waals surface area contributed by atoms with Crippen molar-refractivity contribution in [2.24, 2.45) is 0 Å². The highest BCUT2D eigenvalue weighted by Gasteiger charge is 1.87. The van der Waals surface area contributed by atoms with Crippen molar-refractivity contribution in [3.05, 3.63) is 0 Å². The van der Waals surface area contributed by atoms with E-state index in [2.05, 4.69) is 0 Å². The Bertz CT molecular complexity index is 112. The highest BCUT2D eigenvalue weighted by atomic mass is 32.2. The van der Waals surface area contributed by atoms with Crippen LogP contribution >= 0.6 is 10.5 Å². The molecule has 0 aliphatic heterocycles. The molecule has 0 radical (unpaired) electrons. The molecule has 8 heavy (non-hydrogen) atoms. The van der Waals surface area contributed by atoms with Crippen molar-refractivity contribution in [1.29, 1.82) is 0 Å². The number of hydrogen-bond donors (Lipinski definition) is 0. The maximum Gasteiger partial charge on any atom is 0.160 e. The van der Waals surface area contributed by atoms with Gasteiger partial charge < -0.3 is 0 Å². The van der Waals surface area contributed by atoms with Gasteiger partial charge in [-0.05, 0) is 12.5 Å². The molecule has 0 aromatic carbocycles. The van der Waals surface area contributed by atoms with Gasteiger partial charge in [-0.2, -0.15) is 10.5 Å². The predicted molar refractivity (Wildman–Crippen MR) is 40.8 cm³/mol. The minimum absolute atomic E-state index is 0.180. The van der Waals surface area contributed by atoms with Crippen LogP contribution in [-0.2, 0) is 4.79 Å². The summed E-state index contributed by atoms with van der Waals surface area (Å²) in [7, 11) is 0.180. The van der Waals surface area contributed by atoms with Crippen LogP contribution in [0.5, 0.6) is 0 Å². The fraction of sp³-hybridized carbons (Fsp3) is 0.667. The summed E-state index contributed by atoms with van der Waals surface area (Å²) in [5.41, 5.74) is 0. The molecule has 0 fully saturated rings. The highest BCUT2D eigenvalue weighted by molar-refractivity contribution is 8.14. The SMILES string of the molecule is CCC(=O)C=S(C)C. The molecule has 0 N–H and O–H groups in total. The molecule has 0 aromatic heterocycles. The van der Waals surface area contributed by atoms with Gasteiger partial charge >= 0.3 is 0 Å². The zero-order valence-corrected chi connectivity index (χ0v) is 6.42. The normalized spacial score (nSPS) is 9.50. The van der Waals surface area contributed by atoms with Crippen molar-refractivity contribution < 1.29 is 4.79 Å². The summed E-state index contributed by atoms with van der Waals surface area (Å²) in [6, 6.07) is 0. The summed E-state index contributed by atoms with van der Waals surface area (Å²) in [5.74, 6) is 0.262. The van der Waals surface area contributed by atoms with Crippen molar-refractivity contribution >= 4 is 21.6 Å². The average molecular weight is 132 g/mol. The molecule has 0 aromatic rings. The molecule has 0 aliphatic rings. The minimum atomic E-state index is 0.180. The van der Waals surface area contributed by atoms with E-state index >= 15 is 0 Å². The fourth-order valence-corrected chi connectivity index (χ4v) is 1.04.